The third-order valence-corrected chi connectivity index (χ3v) is 6.88. The maximum atomic E-state index is 13.5. The average Bonchev–Trinajstić information content (AvgIpc) is 2.86. The van der Waals surface area contributed by atoms with Gasteiger partial charge in [-0.15, -0.1) is 0 Å². The van der Waals surface area contributed by atoms with Crippen LogP contribution in [0, 0.1) is 5.92 Å². The number of benzene rings is 3. The Morgan fingerprint density at radius 2 is 1.54 bits per heavy atom. The van der Waals surface area contributed by atoms with Gasteiger partial charge in [-0.1, -0.05) is 44.2 Å². The molecule has 184 valence electrons. The Labute approximate surface area is 206 Å². The number of rotatable bonds is 10. The van der Waals surface area contributed by atoms with Crippen LogP contribution in [-0.2, 0) is 14.8 Å². The van der Waals surface area contributed by atoms with Crippen LogP contribution in [-0.4, -0.2) is 40.4 Å². The molecule has 0 atom stereocenters. The van der Waals surface area contributed by atoms with Crippen LogP contribution in [0.25, 0.3) is 0 Å². The summed E-state index contributed by atoms with van der Waals surface area (Å²) in [4.78, 5) is 25.7. The van der Waals surface area contributed by atoms with Gasteiger partial charge >= 0.3 is 0 Å². The molecule has 35 heavy (non-hydrogen) atoms. The first kappa shape index (κ1) is 25.8. The molecule has 0 aliphatic carbocycles. The van der Waals surface area contributed by atoms with E-state index in [1.807, 2.05) is 13.8 Å². The second kappa shape index (κ2) is 11.5. The molecule has 0 saturated heterocycles. The summed E-state index contributed by atoms with van der Waals surface area (Å²) >= 11 is 0. The molecule has 0 fully saturated rings. The predicted molar refractivity (Wildman–Crippen MR) is 136 cm³/mol. The molecule has 3 rings (SSSR count). The van der Waals surface area contributed by atoms with Gasteiger partial charge in [0.25, 0.3) is 15.9 Å². The number of amides is 2. The summed E-state index contributed by atoms with van der Waals surface area (Å²) in [5, 5.41) is 5.52. The largest absolute Gasteiger partial charge is 0.497 e. The first-order chi connectivity index (χ1) is 16.7. The summed E-state index contributed by atoms with van der Waals surface area (Å²) in [6.45, 7) is 3.97. The third kappa shape index (κ3) is 6.60. The molecule has 3 aromatic rings. The summed E-state index contributed by atoms with van der Waals surface area (Å²) < 4.78 is 33.1. The van der Waals surface area contributed by atoms with Crippen LogP contribution in [0.3, 0.4) is 0 Å². The second-order valence-corrected chi connectivity index (χ2v) is 10.1. The highest BCUT2D eigenvalue weighted by Crippen LogP contribution is 2.25. The number of para-hydroxylation sites is 2. The molecular weight excluding hydrogens is 466 g/mol. The van der Waals surface area contributed by atoms with E-state index in [4.69, 9.17) is 4.74 Å². The Morgan fingerprint density at radius 3 is 2.17 bits per heavy atom. The van der Waals surface area contributed by atoms with E-state index in [1.165, 1.54) is 19.2 Å². The Bertz CT molecular complexity index is 1260. The van der Waals surface area contributed by atoms with E-state index >= 15 is 0 Å². The van der Waals surface area contributed by atoms with E-state index in [-0.39, 0.29) is 16.7 Å². The number of hydrogen-bond donors (Lipinski definition) is 2. The van der Waals surface area contributed by atoms with Crippen molar-refractivity contribution in [2.45, 2.75) is 18.7 Å². The Balaban J connectivity index is 1.87. The van der Waals surface area contributed by atoms with Crippen molar-refractivity contribution in [3.63, 3.8) is 0 Å². The quantitative estimate of drug-likeness (QED) is 0.444. The van der Waals surface area contributed by atoms with Crippen LogP contribution < -0.4 is 19.7 Å². The molecule has 0 spiro atoms. The smallest absolute Gasteiger partial charge is 0.264 e. The van der Waals surface area contributed by atoms with Crippen molar-refractivity contribution in [1.29, 1.82) is 0 Å². The van der Waals surface area contributed by atoms with E-state index in [0.29, 0.717) is 29.2 Å². The Hall–Kier alpha value is -3.85. The lowest BCUT2D eigenvalue weighted by molar-refractivity contribution is -0.114. The summed E-state index contributed by atoms with van der Waals surface area (Å²) in [5.74, 6) is -0.126. The van der Waals surface area contributed by atoms with Crippen LogP contribution in [0.5, 0.6) is 5.75 Å². The van der Waals surface area contributed by atoms with E-state index in [1.54, 1.807) is 66.7 Å². The standard InChI is InChI=1S/C26H29N3O5S/c1-19(2)17-27-26(31)23-11-7-8-12-24(23)28-25(30)18-29(20-9-5-4-6-10-20)35(32,33)22-15-13-21(34-3)14-16-22/h4-16,19H,17-18H2,1-3H3,(H,27,31)(H,28,30). The van der Waals surface area contributed by atoms with Gasteiger partial charge in [0.15, 0.2) is 0 Å². The van der Waals surface area contributed by atoms with Crippen LogP contribution >= 0.6 is 0 Å². The van der Waals surface area contributed by atoms with E-state index in [0.717, 1.165) is 4.31 Å². The number of nitrogens with zero attached hydrogens (tertiary/aromatic N) is 1. The highest BCUT2D eigenvalue weighted by molar-refractivity contribution is 7.92. The highest BCUT2D eigenvalue weighted by atomic mass is 32.2. The van der Waals surface area contributed by atoms with E-state index < -0.39 is 22.5 Å². The van der Waals surface area contributed by atoms with Crippen molar-refractivity contribution in [3.8, 4) is 5.75 Å². The lowest BCUT2D eigenvalue weighted by Crippen LogP contribution is -2.38. The fourth-order valence-corrected chi connectivity index (χ4v) is 4.71. The molecule has 8 nitrogen and oxygen atoms in total. The molecule has 9 heteroatoms. The normalized spacial score (nSPS) is 11.1. The molecule has 0 bridgehead atoms. The van der Waals surface area contributed by atoms with Crippen molar-refractivity contribution in [2.24, 2.45) is 5.92 Å². The van der Waals surface area contributed by atoms with Crippen LogP contribution in [0.4, 0.5) is 11.4 Å². The van der Waals surface area contributed by atoms with E-state index in [2.05, 4.69) is 10.6 Å². The summed E-state index contributed by atoms with van der Waals surface area (Å²) in [6.07, 6.45) is 0. The van der Waals surface area contributed by atoms with Crippen LogP contribution in [0.1, 0.15) is 24.2 Å². The number of ether oxygens (including phenoxy) is 1. The number of anilines is 2. The molecule has 0 radical (unpaired) electrons. The van der Waals surface area contributed by atoms with Gasteiger partial charge in [0.2, 0.25) is 5.91 Å². The molecule has 0 aliphatic rings. The molecule has 0 heterocycles. The second-order valence-electron chi connectivity index (χ2n) is 8.22. The molecule has 0 aliphatic heterocycles. The van der Waals surface area contributed by atoms with Gasteiger partial charge in [0.05, 0.1) is 28.9 Å². The molecule has 2 amide bonds. The zero-order valence-corrected chi connectivity index (χ0v) is 20.7. The number of carbonyl (C=O) groups excluding carboxylic acids is 2. The number of sulfonamides is 1. The zero-order chi connectivity index (χ0) is 25.4. The van der Waals surface area contributed by atoms with Crippen molar-refractivity contribution >= 4 is 33.2 Å². The zero-order valence-electron chi connectivity index (χ0n) is 19.9. The molecule has 3 aromatic carbocycles. The Morgan fingerprint density at radius 1 is 0.914 bits per heavy atom. The minimum Gasteiger partial charge on any atom is -0.497 e. The summed E-state index contributed by atoms with van der Waals surface area (Å²) in [6, 6.07) is 20.9. The van der Waals surface area contributed by atoms with Crippen molar-refractivity contribution in [2.75, 3.05) is 29.8 Å². The van der Waals surface area contributed by atoms with Crippen molar-refractivity contribution in [3.05, 3.63) is 84.4 Å². The molecule has 0 aromatic heterocycles. The van der Waals surface area contributed by atoms with Gasteiger partial charge in [-0.25, -0.2) is 8.42 Å². The summed E-state index contributed by atoms with van der Waals surface area (Å²) in [5.41, 5.74) is 0.931. The maximum Gasteiger partial charge on any atom is 0.264 e. The maximum absolute atomic E-state index is 13.5. The fraction of sp³-hybridized carbons (Fsp3) is 0.231. The number of nitrogens with one attached hydrogen (secondary N) is 2. The predicted octanol–water partition coefficient (Wildman–Crippen LogP) is 3.92. The average molecular weight is 496 g/mol. The van der Waals surface area contributed by atoms with Gasteiger partial charge in [-0.3, -0.25) is 13.9 Å². The van der Waals surface area contributed by atoms with Crippen LogP contribution in [0.2, 0.25) is 0 Å². The van der Waals surface area contributed by atoms with Crippen LogP contribution in [0.15, 0.2) is 83.8 Å². The topological polar surface area (TPSA) is 105 Å². The first-order valence-corrected chi connectivity index (χ1v) is 12.6. The molecule has 0 saturated carbocycles. The van der Waals surface area contributed by atoms with E-state index in [9.17, 15) is 18.0 Å². The fourth-order valence-electron chi connectivity index (χ4n) is 3.29. The monoisotopic (exact) mass is 495 g/mol. The van der Waals surface area contributed by atoms with Gasteiger partial charge in [-0.2, -0.15) is 0 Å². The third-order valence-electron chi connectivity index (χ3n) is 5.10. The van der Waals surface area contributed by atoms with Gasteiger partial charge in [0.1, 0.15) is 12.3 Å². The number of hydrogen-bond acceptors (Lipinski definition) is 5. The molecular formula is C26H29N3O5S. The summed E-state index contributed by atoms with van der Waals surface area (Å²) in [7, 11) is -2.58. The number of carbonyl (C=O) groups is 2. The molecule has 0 unspecified atom stereocenters. The number of methoxy groups -OCH3 is 1. The Kier molecular flexibility index (Phi) is 8.48. The first-order valence-electron chi connectivity index (χ1n) is 11.1. The minimum absolute atomic E-state index is 0.0171. The minimum atomic E-state index is -4.07. The SMILES string of the molecule is COc1ccc(S(=O)(=O)N(CC(=O)Nc2ccccc2C(=O)NCC(C)C)c2ccccc2)cc1. The van der Waals surface area contributed by atoms with Gasteiger partial charge in [-0.05, 0) is 54.4 Å². The lowest BCUT2D eigenvalue weighted by Gasteiger charge is -2.24. The van der Waals surface area contributed by atoms with Gasteiger partial charge < -0.3 is 15.4 Å². The lowest BCUT2D eigenvalue weighted by atomic mass is 10.1. The van der Waals surface area contributed by atoms with Crippen molar-refractivity contribution in [1.82, 2.24) is 5.32 Å². The highest BCUT2D eigenvalue weighted by Gasteiger charge is 2.27. The van der Waals surface area contributed by atoms with Gasteiger partial charge in [0, 0.05) is 6.54 Å². The van der Waals surface area contributed by atoms with Crippen molar-refractivity contribution < 1.29 is 22.7 Å². The molecule has 2 N–H and O–H groups in total.